The number of nitrogens with one attached hydrogen (secondary N) is 1. The predicted octanol–water partition coefficient (Wildman–Crippen LogP) is 2.88. The number of halogens is 2. The molecule has 0 spiro atoms. The van der Waals surface area contributed by atoms with E-state index in [0.29, 0.717) is 22.1 Å². The Bertz CT molecular complexity index is 565. The third kappa shape index (κ3) is 3.64. The second kappa shape index (κ2) is 6.47. The number of benzene rings is 1. The van der Waals surface area contributed by atoms with E-state index in [-0.39, 0.29) is 19.0 Å². The van der Waals surface area contributed by atoms with E-state index in [1.165, 1.54) is 6.07 Å². The van der Waals surface area contributed by atoms with Crippen LogP contribution in [0.3, 0.4) is 0 Å². The van der Waals surface area contributed by atoms with Crippen LogP contribution in [0.15, 0.2) is 36.4 Å². The van der Waals surface area contributed by atoms with Crippen LogP contribution in [0.25, 0.3) is 0 Å². The Labute approximate surface area is 115 Å². The van der Waals surface area contributed by atoms with Crippen molar-refractivity contribution in [2.75, 3.05) is 5.43 Å². The molecule has 0 saturated carbocycles. The number of hydrazine groups is 1. The maximum atomic E-state index is 13.4. The zero-order valence-electron chi connectivity index (χ0n) is 10.1. The Morgan fingerprint density at radius 1 is 1.21 bits per heavy atom. The van der Waals surface area contributed by atoms with Crippen LogP contribution in [0.1, 0.15) is 11.3 Å². The van der Waals surface area contributed by atoms with Gasteiger partial charge >= 0.3 is 0 Å². The first-order valence-corrected chi connectivity index (χ1v) is 6.01. The summed E-state index contributed by atoms with van der Waals surface area (Å²) in [5.41, 5.74) is 3.47. The fourth-order valence-electron chi connectivity index (χ4n) is 1.54. The van der Waals surface area contributed by atoms with Crippen LogP contribution in [-0.2, 0) is 18.0 Å². The Morgan fingerprint density at radius 2 is 2.00 bits per heavy atom. The first-order chi connectivity index (χ1) is 9.20. The van der Waals surface area contributed by atoms with Gasteiger partial charge in [-0.25, -0.2) is 15.2 Å². The quantitative estimate of drug-likeness (QED) is 0.653. The highest BCUT2D eigenvalue weighted by molar-refractivity contribution is 6.31. The normalized spacial score (nSPS) is 10.5. The average molecular weight is 282 g/mol. The number of nitrogens with zero attached hydrogens (tertiary/aromatic N) is 1. The summed E-state index contributed by atoms with van der Waals surface area (Å²) in [7, 11) is 0. The minimum Gasteiger partial charge on any atom is -0.370 e. The molecule has 6 heteroatoms. The lowest BCUT2D eigenvalue weighted by Gasteiger charge is -2.08. The summed E-state index contributed by atoms with van der Waals surface area (Å²) in [6.45, 7) is 0.341. The van der Waals surface area contributed by atoms with E-state index in [9.17, 15) is 4.39 Å². The molecule has 2 aromatic rings. The molecule has 0 atom stereocenters. The second-order valence-corrected chi connectivity index (χ2v) is 4.26. The molecule has 100 valence electrons. The van der Waals surface area contributed by atoms with Gasteiger partial charge < -0.3 is 10.2 Å². The molecule has 4 nitrogen and oxygen atoms in total. The summed E-state index contributed by atoms with van der Waals surface area (Å²) >= 11 is 5.98. The van der Waals surface area contributed by atoms with Gasteiger partial charge in [0.05, 0.1) is 23.9 Å². The van der Waals surface area contributed by atoms with Gasteiger partial charge in [-0.3, -0.25) is 0 Å². The van der Waals surface area contributed by atoms with Crippen molar-refractivity contribution in [3.8, 4) is 0 Å². The lowest BCUT2D eigenvalue weighted by molar-refractivity contribution is 0.102. The maximum absolute atomic E-state index is 13.4. The third-order valence-corrected chi connectivity index (χ3v) is 2.86. The molecular formula is C13H13ClFN3O. The van der Waals surface area contributed by atoms with Crippen LogP contribution < -0.4 is 11.3 Å². The summed E-state index contributed by atoms with van der Waals surface area (Å²) < 4.78 is 18.8. The Hall–Kier alpha value is -1.69. The van der Waals surface area contributed by atoms with Gasteiger partial charge in [0.1, 0.15) is 11.6 Å². The van der Waals surface area contributed by atoms with E-state index in [4.69, 9.17) is 22.2 Å². The van der Waals surface area contributed by atoms with Crippen molar-refractivity contribution < 1.29 is 9.13 Å². The first kappa shape index (κ1) is 13.7. The number of nitrogen functional groups attached to an aromatic ring is 1. The predicted molar refractivity (Wildman–Crippen MR) is 72.0 cm³/mol. The summed E-state index contributed by atoms with van der Waals surface area (Å²) in [5, 5.41) is 0.479. The van der Waals surface area contributed by atoms with Gasteiger partial charge in [-0.1, -0.05) is 29.8 Å². The topological polar surface area (TPSA) is 60.2 Å². The Morgan fingerprint density at radius 3 is 2.74 bits per heavy atom. The number of pyridine rings is 1. The highest BCUT2D eigenvalue weighted by Gasteiger charge is 2.05. The van der Waals surface area contributed by atoms with Crippen molar-refractivity contribution in [3.63, 3.8) is 0 Å². The van der Waals surface area contributed by atoms with Crippen LogP contribution in [0.5, 0.6) is 0 Å². The lowest BCUT2D eigenvalue weighted by atomic mass is 10.2. The van der Waals surface area contributed by atoms with E-state index < -0.39 is 0 Å². The minimum atomic E-state index is -0.293. The molecule has 0 amide bonds. The summed E-state index contributed by atoms with van der Waals surface area (Å²) in [6.07, 6.45) is 0. The zero-order chi connectivity index (χ0) is 13.7. The third-order valence-electron chi connectivity index (χ3n) is 2.52. The van der Waals surface area contributed by atoms with Crippen LogP contribution in [-0.4, -0.2) is 4.98 Å². The molecule has 0 fully saturated rings. The molecular weight excluding hydrogens is 269 g/mol. The number of hydrogen-bond donors (Lipinski definition) is 2. The van der Waals surface area contributed by atoms with E-state index in [0.717, 1.165) is 0 Å². The molecule has 2 rings (SSSR count). The SMILES string of the molecule is NNc1ccc(Cl)c(COCc2ccccc2F)n1. The van der Waals surface area contributed by atoms with Crippen molar-refractivity contribution in [3.05, 3.63) is 58.5 Å². The highest BCUT2D eigenvalue weighted by atomic mass is 35.5. The van der Waals surface area contributed by atoms with Crippen LogP contribution in [0, 0.1) is 5.82 Å². The molecule has 0 radical (unpaired) electrons. The molecule has 0 aliphatic rings. The van der Waals surface area contributed by atoms with E-state index >= 15 is 0 Å². The Balaban J connectivity index is 1.98. The fourth-order valence-corrected chi connectivity index (χ4v) is 1.70. The molecule has 3 N–H and O–H groups in total. The summed E-state index contributed by atoms with van der Waals surface area (Å²) in [6, 6.07) is 9.78. The minimum absolute atomic E-state index is 0.158. The van der Waals surface area contributed by atoms with Crippen molar-refractivity contribution in [2.24, 2.45) is 5.84 Å². The van der Waals surface area contributed by atoms with Gasteiger partial charge in [0.25, 0.3) is 0 Å². The van der Waals surface area contributed by atoms with E-state index in [2.05, 4.69) is 10.4 Å². The monoisotopic (exact) mass is 281 g/mol. The number of hydrogen-bond acceptors (Lipinski definition) is 4. The van der Waals surface area contributed by atoms with Gasteiger partial charge in [-0.15, -0.1) is 0 Å². The van der Waals surface area contributed by atoms with Crippen molar-refractivity contribution in [2.45, 2.75) is 13.2 Å². The summed E-state index contributed by atoms with van der Waals surface area (Å²) in [5.74, 6) is 5.46. The van der Waals surface area contributed by atoms with Gasteiger partial charge in [-0.05, 0) is 18.2 Å². The second-order valence-electron chi connectivity index (χ2n) is 3.85. The van der Waals surface area contributed by atoms with Crippen molar-refractivity contribution >= 4 is 17.4 Å². The molecule has 1 heterocycles. The Kier molecular flexibility index (Phi) is 4.68. The van der Waals surface area contributed by atoms with Gasteiger partial charge in [-0.2, -0.15) is 0 Å². The van der Waals surface area contributed by atoms with Crippen LogP contribution in [0.4, 0.5) is 10.2 Å². The number of rotatable bonds is 5. The van der Waals surface area contributed by atoms with Gasteiger partial charge in [0.15, 0.2) is 0 Å². The molecule has 19 heavy (non-hydrogen) atoms. The first-order valence-electron chi connectivity index (χ1n) is 5.64. The van der Waals surface area contributed by atoms with Crippen molar-refractivity contribution in [1.29, 1.82) is 0 Å². The van der Waals surface area contributed by atoms with Crippen LogP contribution in [0.2, 0.25) is 5.02 Å². The van der Waals surface area contributed by atoms with Crippen LogP contribution >= 0.6 is 11.6 Å². The van der Waals surface area contributed by atoms with E-state index in [1.54, 1.807) is 30.3 Å². The molecule has 0 aliphatic carbocycles. The zero-order valence-corrected chi connectivity index (χ0v) is 10.8. The number of anilines is 1. The largest absolute Gasteiger partial charge is 0.370 e. The summed E-state index contributed by atoms with van der Waals surface area (Å²) in [4.78, 5) is 4.16. The fraction of sp³-hybridized carbons (Fsp3) is 0.154. The molecule has 1 aromatic carbocycles. The molecule has 0 unspecified atom stereocenters. The number of ether oxygens (including phenoxy) is 1. The van der Waals surface area contributed by atoms with Crippen molar-refractivity contribution in [1.82, 2.24) is 4.98 Å². The molecule has 0 saturated heterocycles. The molecule has 0 aliphatic heterocycles. The van der Waals surface area contributed by atoms with Gasteiger partial charge in [0.2, 0.25) is 0 Å². The lowest BCUT2D eigenvalue weighted by Crippen LogP contribution is -2.10. The smallest absolute Gasteiger partial charge is 0.140 e. The highest BCUT2D eigenvalue weighted by Crippen LogP contribution is 2.18. The number of nitrogens with two attached hydrogens (primary N) is 1. The molecule has 0 bridgehead atoms. The molecule has 1 aromatic heterocycles. The van der Waals surface area contributed by atoms with Gasteiger partial charge in [0, 0.05) is 5.56 Å². The number of aromatic nitrogens is 1. The standard InChI is InChI=1S/C13H13ClFN3O/c14-10-5-6-13(18-16)17-12(10)8-19-7-9-3-1-2-4-11(9)15/h1-6H,7-8,16H2,(H,17,18). The average Bonchev–Trinajstić information content (AvgIpc) is 2.43. The maximum Gasteiger partial charge on any atom is 0.140 e. The van der Waals surface area contributed by atoms with E-state index in [1.807, 2.05) is 0 Å².